The molecule has 0 aliphatic heterocycles. The third-order valence-corrected chi connectivity index (χ3v) is 4.69. The van der Waals surface area contributed by atoms with Crippen LogP contribution in [-0.4, -0.2) is 17.5 Å². The van der Waals surface area contributed by atoms with E-state index in [1.807, 2.05) is 72.8 Å². The number of para-hydroxylation sites is 2. The molecule has 0 bridgehead atoms. The monoisotopic (exact) mass is 404 g/mol. The van der Waals surface area contributed by atoms with Crippen molar-refractivity contribution >= 4 is 28.9 Å². The predicted molar refractivity (Wildman–Crippen MR) is 124 cm³/mol. The van der Waals surface area contributed by atoms with Gasteiger partial charge in [-0.15, -0.1) is 0 Å². The third-order valence-electron chi connectivity index (χ3n) is 4.69. The van der Waals surface area contributed by atoms with Crippen molar-refractivity contribution in [2.75, 3.05) is 4.90 Å². The molecule has 0 radical (unpaired) electrons. The first kappa shape index (κ1) is 20.0. The number of hydrogen-bond donors (Lipinski definition) is 0. The summed E-state index contributed by atoms with van der Waals surface area (Å²) in [7, 11) is 0. The Morgan fingerprint density at radius 3 is 1.55 bits per heavy atom. The van der Waals surface area contributed by atoms with Crippen LogP contribution in [0.4, 0.5) is 11.4 Å². The van der Waals surface area contributed by atoms with Crippen LogP contribution in [0.2, 0.25) is 0 Å². The number of amides is 2. The Labute approximate surface area is 181 Å². The lowest BCUT2D eigenvalue weighted by atomic mass is 10.1. The summed E-state index contributed by atoms with van der Waals surface area (Å²) in [5.41, 5.74) is 2.37. The molecular formula is C27H20N2O2. The fourth-order valence-electron chi connectivity index (χ4n) is 3.18. The van der Waals surface area contributed by atoms with Crippen molar-refractivity contribution in [3.63, 3.8) is 0 Å². The fraction of sp³-hybridized carbons (Fsp3) is 0. The minimum absolute atomic E-state index is 0.194. The van der Waals surface area contributed by atoms with Gasteiger partial charge in [0.15, 0.2) is 0 Å². The van der Waals surface area contributed by atoms with E-state index in [1.54, 1.807) is 48.5 Å². The Kier molecular flexibility index (Phi) is 6.10. The van der Waals surface area contributed by atoms with Crippen LogP contribution in [0.1, 0.15) is 15.9 Å². The van der Waals surface area contributed by atoms with Gasteiger partial charge < -0.3 is 0 Å². The molecule has 4 rings (SSSR count). The molecule has 0 N–H and O–H groups in total. The maximum atomic E-state index is 13.8. The molecule has 4 aromatic rings. The predicted octanol–water partition coefficient (Wildman–Crippen LogP) is 5.68. The van der Waals surface area contributed by atoms with Crippen molar-refractivity contribution in [2.24, 2.45) is 4.99 Å². The SMILES string of the molecule is O=C(C(=Nc1ccccc1)c1ccccc1)N(C(=O)c1ccccc1)c1ccccc1. The van der Waals surface area contributed by atoms with Crippen molar-refractivity contribution in [3.8, 4) is 0 Å². The number of carbonyl (C=O) groups excluding carboxylic acids is 2. The van der Waals surface area contributed by atoms with Gasteiger partial charge in [0, 0.05) is 11.1 Å². The number of nitrogens with zero attached hydrogens (tertiary/aromatic N) is 2. The number of imide groups is 1. The van der Waals surface area contributed by atoms with E-state index >= 15 is 0 Å². The number of benzene rings is 4. The molecule has 0 aliphatic rings. The van der Waals surface area contributed by atoms with E-state index in [4.69, 9.17) is 0 Å². The average Bonchev–Trinajstić information content (AvgIpc) is 2.85. The van der Waals surface area contributed by atoms with Crippen LogP contribution in [0.5, 0.6) is 0 Å². The molecule has 0 aromatic heterocycles. The summed E-state index contributed by atoms with van der Waals surface area (Å²) in [5, 5.41) is 0. The summed E-state index contributed by atoms with van der Waals surface area (Å²) in [5.74, 6) is -0.899. The molecule has 4 aromatic carbocycles. The molecule has 31 heavy (non-hydrogen) atoms. The van der Waals surface area contributed by atoms with Crippen LogP contribution in [0, 0.1) is 0 Å². The number of hydrogen-bond acceptors (Lipinski definition) is 3. The van der Waals surface area contributed by atoms with E-state index in [9.17, 15) is 9.59 Å². The van der Waals surface area contributed by atoms with Crippen molar-refractivity contribution < 1.29 is 9.59 Å². The van der Waals surface area contributed by atoms with E-state index in [-0.39, 0.29) is 5.71 Å². The largest absolute Gasteiger partial charge is 0.284 e. The normalized spacial score (nSPS) is 11.0. The Morgan fingerprint density at radius 2 is 1.00 bits per heavy atom. The second-order valence-electron chi connectivity index (χ2n) is 6.81. The molecule has 150 valence electrons. The van der Waals surface area contributed by atoms with E-state index < -0.39 is 11.8 Å². The zero-order valence-corrected chi connectivity index (χ0v) is 16.8. The molecule has 0 unspecified atom stereocenters. The highest BCUT2D eigenvalue weighted by molar-refractivity contribution is 6.54. The number of carbonyl (C=O) groups is 2. The summed E-state index contributed by atoms with van der Waals surface area (Å²) in [6.07, 6.45) is 0. The maximum Gasteiger partial charge on any atom is 0.284 e. The van der Waals surface area contributed by atoms with Crippen LogP contribution < -0.4 is 4.90 Å². The second kappa shape index (κ2) is 9.46. The molecule has 0 aliphatic carbocycles. The quantitative estimate of drug-likeness (QED) is 0.402. The summed E-state index contributed by atoms with van der Waals surface area (Å²) < 4.78 is 0. The van der Waals surface area contributed by atoms with Crippen LogP contribution in [-0.2, 0) is 4.79 Å². The van der Waals surface area contributed by atoms with Crippen molar-refractivity contribution in [3.05, 3.63) is 132 Å². The highest BCUT2D eigenvalue weighted by Gasteiger charge is 2.29. The lowest BCUT2D eigenvalue weighted by Crippen LogP contribution is -2.41. The molecule has 0 spiro atoms. The van der Waals surface area contributed by atoms with Crippen LogP contribution in [0.25, 0.3) is 0 Å². The fourth-order valence-corrected chi connectivity index (χ4v) is 3.18. The van der Waals surface area contributed by atoms with E-state index in [0.717, 1.165) is 0 Å². The van der Waals surface area contributed by atoms with Crippen molar-refractivity contribution in [2.45, 2.75) is 0 Å². The first-order valence-corrected chi connectivity index (χ1v) is 9.92. The van der Waals surface area contributed by atoms with Crippen LogP contribution >= 0.6 is 0 Å². The summed E-state index contributed by atoms with van der Waals surface area (Å²) in [6.45, 7) is 0. The standard InChI is InChI=1S/C27H20N2O2/c30-26(22-15-7-2-8-16-22)29(24-19-11-4-12-20-24)27(31)25(21-13-5-1-6-14-21)28-23-17-9-3-10-18-23/h1-20H. The van der Waals surface area contributed by atoms with Gasteiger partial charge in [-0.25, -0.2) is 9.89 Å². The van der Waals surface area contributed by atoms with Crippen LogP contribution in [0.15, 0.2) is 126 Å². The van der Waals surface area contributed by atoms with Gasteiger partial charge in [-0.3, -0.25) is 9.59 Å². The van der Waals surface area contributed by atoms with Crippen LogP contribution in [0.3, 0.4) is 0 Å². The summed E-state index contributed by atoms with van der Waals surface area (Å²) >= 11 is 0. The van der Waals surface area contributed by atoms with E-state index in [1.165, 1.54) is 4.90 Å². The zero-order chi connectivity index (χ0) is 21.5. The third kappa shape index (κ3) is 4.65. The molecular weight excluding hydrogens is 384 g/mol. The van der Waals surface area contributed by atoms with E-state index in [2.05, 4.69) is 4.99 Å². The van der Waals surface area contributed by atoms with Gasteiger partial charge in [0.05, 0.1) is 11.4 Å². The Bertz CT molecular complexity index is 1190. The second-order valence-corrected chi connectivity index (χ2v) is 6.81. The van der Waals surface area contributed by atoms with Gasteiger partial charge in [0.1, 0.15) is 5.71 Å². The van der Waals surface area contributed by atoms with Gasteiger partial charge in [0.2, 0.25) is 0 Å². The number of aliphatic imine (C=N–C) groups is 1. The first-order chi connectivity index (χ1) is 15.2. The molecule has 0 fully saturated rings. The lowest BCUT2D eigenvalue weighted by molar-refractivity contribution is -0.111. The van der Waals surface area contributed by atoms with Gasteiger partial charge in [-0.2, -0.15) is 0 Å². The molecule has 0 saturated heterocycles. The molecule has 0 atom stereocenters. The maximum absolute atomic E-state index is 13.8. The van der Waals surface area contributed by atoms with Gasteiger partial charge in [0.25, 0.3) is 11.8 Å². The Balaban J connectivity index is 1.85. The summed E-state index contributed by atoms with van der Waals surface area (Å²) in [6, 6.07) is 36.1. The minimum Gasteiger partial charge on any atom is -0.268 e. The lowest BCUT2D eigenvalue weighted by Gasteiger charge is -2.22. The van der Waals surface area contributed by atoms with Crippen molar-refractivity contribution in [1.82, 2.24) is 0 Å². The average molecular weight is 404 g/mol. The Morgan fingerprint density at radius 1 is 0.548 bits per heavy atom. The van der Waals surface area contributed by atoms with E-state index in [0.29, 0.717) is 22.5 Å². The smallest absolute Gasteiger partial charge is 0.268 e. The summed E-state index contributed by atoms with van der Waals surface area (Å²) in [4.78, 5) is 33.1. The molecule has 0 saturated carbocycles. The highest BCUT2D eigenvalue weighted by atomic mass is 16.2. The van der Waals surface area contributed by atoms with Crippen molar-refractivity contribution in [1.29, 1.82) is 0 Å². The molecule has 4 heteroatoms. The number of anilines is 1. The Hall–Kier alpha value is -4.31. The molecule has 0 heterocycles. The highest BCUT2D eigenvalue weighted by Crippen LogP contribution is 2.21. The molecule has 2 amide bonds. The molecule has 4 nitrogen and oxygen atoms in total. The first-order valence-electron chi connectivity index (χ1n) is 9.92. The minimum atomic E-state index is -0.491. The number of rotatable bonds is 5. The van der Waals surface area contributed by atoms with Gasteiger partial charge >= 0.3 is 0 Å². The topological polar surface area (TPSA) is 49.7 Å². The zero-order valence-electron chi connectivity index (χ0n) is 16.8. The van der Waals surface area contributed by atoms with Gasteiger partial charge in [-0.1, -0.05) is 84.9 Å². The van der Waals surface area contributed by atoms with Gasteiger partial charge in [-0.05, 0) is 36.4 Å².